The molecular formula is C20H19FN4O4S. The highest BCUT2D eigenvalue weighted by atomic mass is 32.1. The Morgan fingerprint density at radius 1 is 1.20 bits per heavy atom. The normalized spacial score (nSPS) is 10.7. The minimum absolute atomic E-state index is 0.0322. The van der Waals surface area contributed by atoms with Gasteiger partial charge in [-0.25, -0.2) is 18.9 Å². The van der Waals surface area contributed by atoms with Crippen LogP contribution in [0, 0.1) is 12.7 Å². The average Bonchev–Trinajstić information content (AvgIpc) is 3.10. The minimum Gasteiger partial charge on any atom is -0.462 e. The molecule has 0 aliphatic rings. The van der Waals surface area contributed by atoms with E-state index in [1.807, 2.05) is 0 Å². The number of ether oxygens (including phenoxy) is 1. The van der Waals surface area contributed by atoms with Crippen LogP contribution in [0.25, 0.3) is 0 Å². The highest BCUT2D eigenvalue weighted by Crippen LogP contribution is 2.29. The van der Waals surface area contributed by atoms with Gasteiger partial charge in [0.05, 0.1) is 18.8 Å². The number of aryl methyl sites for hydroxylation is 2. The number of nitrogens with zero attached hydrogens (tertiary/aromatic N) is 4. The van der Waals surface area contributed by atoms with Crippen LogP contribution in [0.4, 0.5) is 9.52 Å². The Hall–Kier alpha value is -3.40. The maximum Gasteiger partial charge on any atom is 0.350 e. The molecule has 156 valence electrons. The fourth-order valence-corrected chi connectivity index (χ4v) is 3.60. The average molecular weight is 430 g/mol. The van der Waals surface area contributed by atoms with Crippen molar-refractivity contribution in [3.05, 3.63) is 74.4 Å². The smallest absolute Gasteiger partial charge is 0.350 e. The van der Waals surface area contributed by atoms with E-state index in [2.05, 4.69) is 10.1 Å². The second-order valence-electron chi connectivity index (χ2n) is 6.33. The first-order chi connectivity index (χ1) is 14.3. The van der Waals surface area contributed by atoms with Crippen LogP contribution >= 0.6 is 11.3 Å². The zero-order valence-electron chi connectivity index (χ0n) is 16.6. The summed E-state index contributed by atoms with van der Waals surface area (Å²) in [5, 5.41) is 4.27. The molecule has 30 heavy (non-hydrogen) atoms. The number of anilines is 1. The van der Waals surface area contributed by atoms with Gasteiger partial charge >= 0.3 is 5.97 Å². The van der Waals surface area contributed by atoms with E-state index in [0.29, 0.717) is 11.3 Å². The van der Waals surface area contributed by atoms with Gasteiger partial charge in [-0.15, -0.1) is 0 Å². The molecular weight excluding hydrogens is 411 g/mol. The van der Waals surface area contributed by atoms with Crippen LogP contribution in [0.1, 0.15) is 38.3 Å². The van der Waals surface area contributed by atoms with Crippen LogP contribution in [-0.2, 0) is 18.3 Å². The van der Waals surface area contributed by atoms with E-state index in [1.54, 1.807) is 26.0 Å². The largest absolute Gasteiger partial charge is 0.462 e. The first kappa shape index (κ1) is 21.3. The summed E-state index contributed by atoms with van der Waals surface area (Å²) in [6, 6.07) is 8.26. The molecule has 2 heterocycles. The van der Waals surface area contributed by atoms with E-state index in [1.165, 1.54) is 36.2 Å². The van der Waals surface area contributed by atoms with Gasteiger partial charge in [0.15, 0.2) is 5.13 Å². The number of rotatable bonds is 6. The number of aromatic nitrogens is 3. The Morgan fingerprint density at radius 2 is 1.90 bits per heavy atom. The van der Waals surface area contributed by atoms with Crippen molar-refractivity contribution in [2.45, 2.75) is 20.4 Å². The van der Waals surface area contributed by atoms with Gasteiger partial charge in [0.25, 0.3) is 11.5 Å². The number of halogens is 1. The molecule has 3 aromatic rings. The molecule has 10 heteroatoms. The molecule has 8 nitrogen and oxygen atoms in total. The van der Waals surface area contributed by atoms with Gasteiger partial charge in [-0.3, -0.25) is 14.5 Å². The van der Waals surface area contributed by atoms with Crippen molar-refractivity contribution in [2.24, 2.45) is 7.05 Å². The fourth-order valence-electron chi connectivity index (χ4n) is 2.64. The molecule has 0 N–H and O–H groups in total. The number of hydrogen-bond donors (Lipinski definition) is 0. The van der Waals surface area contributed by atoms with Crippen LogP contribution in [-0.4, -0.2) is 33.2 Å². The fraction of sp³-hybridized carbons (Fsp3) is 0.250. The molecule has 0 saturated heterocycles. The summed E-state index contributed by atoms with van der Waals surface area (Å²) >= 11 is 1.02. The summed E-state index contributed by atoms with van der Waals surface area (Å²) in [6.45, 7) is 3.63. The first-order valence-corrected chi connectivity index (χ1v) is 9.87. The van der Waals surface area contributed by atoms with Gasteiger partial charge in [-0.2, -0.15) is 5.10 Å². The Balaban J connectivity index is 2.03. The van der Waals surface area contributed by atoms with Gasteiger partial charge in [0.1, 0.15) is 16.4 Å². The third-order valence-electron chi connectivity index (χ3n) is 4.16. The third kappa shape index (κ3) is 4.60. The topological polar surface area (TPSA) is 94.4 Å². The molecule has 0 spiro atoms. The Bertz CT molecular complexity index is 1140. The molecule has 0 atom stereocenters. The molecule has 0 saturated carbocycles. The predicted molar refractivity (Wildman–Crippen MR) is 109 cm³/mol. The van der Waals surface area contributed by atoms with Gasteiger partial charge in [-0.1, -0.05) is 23.5 Å². The van der Waals surface area contributed by atoms with Crippen molar-refractivity contribution in [2.75, 3.05) is 11.5 Å². The summed E-state index contributed by atoms with van der Waals surface area (Å²) < 4.78 is 19.4. The molecule has 0 bridgehead atoms. The Kier molecular flexibility index (Phi) is 6.36. The van der Waals surface area contributed by atoms with Crippen LogP contribution in [0.15, 0.2) is 41.2 Å². The van der Waals surface area contributed by atoms with Crippen LogP contribution in [0.3, 0.4) is 0 Å². The number of carbonyl (C=O) groups excluding carboxylic acids is 2. The Morgan fingerprint density at radius 3 is 2.53 bits per heavy atom. The van der Waals surface area contributed by atoms with Crippen LogP contribution < -0.4 is 10.5 Å². The number of amides is 1. The second kappa shape index (κ2) is 8.95. The standard InChI is InChI=1S/C20H19FN4O4S/c1-4-29-19(28)17-12(2)22-20(30-17)25(11-13-5-7-14(21)8-6-13)18(27)15-9-10-16(26)24(3)23-15/h5-10H,4,11H2,1-3H3. The van der Waals surface area contributed by atoms with Crippen molar-refractivity contribution >= 4 is 28.3 Å². The summed E-state index contributed by atoms with van der Waals surface area (Å²) in [6.07, 6.45) is 0. The lowest BCUT2D eigenvalue weighted by Crippen LogP contribution is -2.33. The quantitative estimate of drug-likeness (QED) is 0.558. The van der Waals surface area contributed by atoms with E-state index in [0.717, 1.165) is 16.0 Å². The molecule has 0 radical (unpaired) electrons. The van der Waals surface area contributed by atoms with Crippen LogP contribution in [0.2, 0.25) is 0 Å². The summed E-state index contributed by atoms with van der Waals surface area (Å²) in [5.74, 6) is -1.43. The molecule has 1 amide bonds. The summed E-state index contributed by atoms with van der Waals surface area (Å²) in [4.78, 5) is 43.0. The third-order valence-corrected chi connectivity index (χ3v) is 5.32. The van der Waals surface area contributed by atoms with E-state index < -0.39 is 17.7 Å². The highest BCUT2D eigenvalue weighted by molar-refractivity contribution is 7.17. The molecule has 0 aliphatic heterocycles. The summed E-state index contributed by atoms with van der Waals surface area (Å²) in [7, 11) is 1.44. The monoisotopic (exact) mass is 430 g/mol. The molecule has 0 aliphatic carbocycles. The zero-order valence-corrected chi connectivity index (χ0v) is 17.4. The molecule has 2 aromatic heterocycles. The highest BCUT2D eigenvalue weighted by Gasteiger charge is 2.26. The molecule has 0 fully saturated rings. The van der Waals surface area contributed by atoms with Gasteiger partial charge < -0.3 is 4.74 Å². The van der Waals surface area contributed by atoms with E-state index in [9.17, 15) is 18.8 Å². The van der Waals surface area contributed by atoms with Gasteiger partial charge in [-0.05, 0) is 37.6 Å². The predicted octanol–water partition coefficient (Wildman–Crippen LogP) is 2.71. The maximum absolute atomic E-state index is 13.3. The number of hydrogen-bond acceptors (Lipinski definition) is 7. The Labute approximate surface area is 175 Å². The van der Waals surface area contributed by atoms with E-state index in [-0.39, 0.29) is 34.4 Å². The van der Waals surface area contributed by atoms with Gasteiger partial charge in [0, 0.05) is 13.1 Å². The first-order valence-electron chi connectivity index (χ1n) is 9.05. The van der Waals surface area contributed by atoms with E-state index >= 15 is 0 Å². The molecule has 3 rings (SSSR count). The lowest BCUT2D eigenvalue weighted by molar-refractivity contribution is 0.0531. The van der Waals surface area contributed by atoms with Crippen molar-refractivity contribution in [3.8, 4) is 0 Å². The lowest BCUT2D eigenvalue weighted by Gasteiger charge is -2.19. The zero-order chi connectivity index (χ0) is 21.8. The van der Waals surface area contributed by atoms with E-state index in [4.69, 9.17) is 4.74 Å². The summed E-state index contributed by atoms with van der Waals surface area (Å²) in [5.41, 5.74) is 0.759. The van der Waals surface area contributed by atoms with Crippen LogP contribution in [0.5, 0.6) is 0 Å². The lowest BCUT2D eigenvalue weighted by atomic mass is 10.2. The van der Waals surface area contributed by atoms with Crippen molar-refractivity contribution in [1.82, 2.24) is 14.8 Å². The van der Waals surface area contributed by atoms with Crippen molar-refractivity contribution < 1.29 is 18.7 Å². The van der Waals surface area contributed by atoms with Crippen molar-refractivity contribution in [1.29, 1.82) is 0 Å². The van der Waals surface area contributed by atoms with Crippen molar-refractivity contribution in [3.63, 3.8) is 0 Å². The maximum atomic E-state index is 13.3. The minimum atomic E-state index is -0.520. The second-order valence-corrected chi connectivity index (χ2v) is 7.31. The number of carbonyl (C=O) groups is 2. The molecule has 0 unspecified atom stereocenters. The molecule has 1 aromatic carbocycles. The SMILES string of the molecule is CCOC(=O)c1sc(N(Cc2ccc(F)cc2)C(=O)c2ccc(=O)n(C)n2)nc1C. The van der Waals surface area contributed by atoms with Gasteiger partial charge in [0.2, 0.25) is 0 Å². The number of esters is 1. The number of benzene rings is 1. The number of thiazole rings is 1.